The minimum atomic E-state index is -0.0755. The molecule has 176 valence electrons. The summed E-state index contributed by atoms with van der Waals surface area (Å²) in [7, 11) is 0. The van der Waals surface area contributed by atoms with Crippen molar-refractivity contribution in [3.8, 4) is 6.07 Å². The van der Waals surface area contributed by atoms with Crippen LogP contribution in [-0.2, 0) is 17.3 Å². The number of benzene rings is 1. The SMILES string of the molecule is Cc1cc2c(cc1Cc1ccc(C(=O)N(CCC#N)C3CCCC3)o1)C(C)(C)CCC2(C)C. The summed E-state index contributed by atoms with van der Waals surface area (Å²) in [6, 6.07) is 10.9. The Balaban J connectivity index is 1.57. The van der Waals surface area contributed by atoms with Crippen LogP contribution in [0.5, 0.6) is 0 Å². The highest BCUT2D eigenvalue weighted by atomic mass is 16.4. The van der Waals surface area contributed by atoms with Gasteiger partial charge in [0.15, 0.2) is 5.76 Å². The molecule has 4 rings (SSSR count). The monoisotopic (exact) mass is 446 g/mol. The van der Waals surface area contributed by atoms with Crippen LogP contribution in [0.3, 0.4) is 0 Å². The lowest BCUT2D eigenvalue weighted by molar-refractivity contribution is 0.0652. The molecule has 1 saturated carbocycles. The fourth-order valence-electron chi connectivity index (χ4n) is 5.71. The largest absolute Gasteiger partial charge is 0.456 e. The van der Waals surface area contributed by atoms with Gasteiger partial charge in [0.1, 0.15) is 5.76 Å². The molecule has 2 aliphatic rings. The van der Waals surface area contributed by atoms with Crippen molar-refractivity contribution in [3.05, 3.63) is 58.0 Å². The van der Waals surface area contributed by atoms with E-state index in [-0.39, 0.29) is 22.8 Å². The number of rotatable bonds is 6. The highest BCUT2D eigenvalue weighted by molar-refractivity contribution is 5.91. The number of carbonyl (C=O) groups is 1. The van der Waals surface area contributed by atoms with Gasteiger partial charge in [0.25, 0.3) is 5.91 Å². The van der Waals surface area contributed by atoms with E-state index in [4.69, 9.17) is 9.68 Å². The van der Waals surface area contributed by atoms with Crippen molar-refractivity contribution in [1.29, 1.82) is 5.26 Å². The normalized spacial score (nSPS) is 19.2. The van der Waals surface area contributed by atoms with Crippen LogP contribution in [0.1, 0.15) is 111 Å². The summed E-state index contributed by atoms with van der Waals surface area (Å²) in [6.07, 6.45) is 7.77. The van der Waals surface area contributed by atoms with E-state index >= 15 is 0 Å². The van der Waals surface area contributed by atoms with E-state index in [1.54, 1.807) is 0 Å². The third kappa shape index (κ3) is 4.74. The second-order valence-electron chi connectivity index (χ2n) is 11.4. The Bertz CT molecular complexity index is 1060. The van der Waals surface area contributed by atoms with E-state index in [1.165, 1.54) is 35.1 Å². The molecule has 0 aliphatic heterocycles. The molecule has 0 atom stereocenters. The zero-order valence-corrected chi connectivity index (χ0v) is 21.0. The molecule has 0 spiro atoms. The van der Waals surface area contributed by atoms with Gasteiger partial charge in [-0.2, -0.15) is 5.26 Å². The average Bonchev–Trinajstić information content (AvgIpc) is 3.45. The first-order valence-corrected chi connectivity index (χ1v) is 12.5. The van der Waals surface area contributed by atoms with Gasteiger partial charge >= 0.3 is 0 Å². The van der Waals surface area contributed by atoms with Crippen molar-refractivity contribution in [2.75, 3.05) is 6.54 Å². The topological polar surface area (TPSA) is 57.2 Å². The molecule has 33 heavy (non-hydrogen) atoms. The van der Waals surface area contributed by atoms with E-state index in [1.807, 2.05) is 17.0 Å². The van der Waals surface area contributed by atoms with Gasteiger partial charge in [-0.25, -0.2) is 0 Å². The number of furan rings is 1. The van der Waals surface area contributed by atoms with E-state index in [0.29, 0.717) is 25.1 Å². The van der Waals surface area contributed by atoms with E-state index in [2.05, 4.69) is 52.8 Å². The standard InChI is InChI=1S/C29H38N2O2/c1-20-17-24-25(29(4,5)14-13-28(24,2)3)19-21(20)18-23-11-12-26(33-23)27(32)31(16-8-15-30)22-9-6-7-10-22/h11-12,17,19,22H,6-10,13-14,16,18H2,1-5H3. The van der Waals surface area contributed by atoms with Crippen molar-refractivity contribution < 1.29 is 9.21 Å². The fourth-order valence-corrected chi connectivity index (χ4v) is 5.71. The van der Waals surface area contributed by atoms with Gasteiger partial charge in [-0.05, 0) is 77.8 Å². The maximum absolute atomic E-state index is 13.2. The number of nitriles is 1. The van der Waals surface area contributed by atoms with Crippen molar-refractivity contribution in [2.45, 2.75) is 103 Å². The Morgan fingerprint density at radius 1 is 1.09 bits per heavy atom. The molecule has 0 unspecified atom stereocenters. The van der Waals surface area contributed by atoms with Gasteiger partial charge in [0.05, 0.1) is 12.5 Å². The predicted molar refractivity (Wildman–Crippen MR) is 132 cm³/mol. The Morgan fingerprint density at radius 2 is 1.73 bits per heavy atom. The molecule has 0 N–H and O–H groups in total. The number of hydrogen-bond acceptors (Lipinski definition) is 3. The molecule has 1 heterocycles. The maximum Gasteiger partial charge on any atom is 0.289 e. The van der Waals surface area contributed by atoms with Gasteiger partial charge < -0.3 is 9.32 Å². The highest BCUT2D eigenvalue weighted by Crippen LogP contribution is 2.46. The Hall–Kier alpha value is -2.54. The first-order chi connectivity index (χ1) is 15.6. The van der Waals surface area contributed by atoms with Crippen molar-refractivity contribution in [3.63, 3.8) is 0 Å². The summed E-state index contributed by atoms with van der Waals surface area (Å²) < 4.78 is 6.09. The van der Waals surface area contributed by atoms with Crippen LogP contribution in [0, 0.1) is 18.3 Å². The molecular weight excluding hydrogens is 408 g/mol. The lowest BCUT2D eigenvalue weighted by Gasteiger charge is -2.42. The van der Waals surface area contributed by atoms with Crippen LogP contribution in [0.25, 0.3) is 0 Å². The smallest absolute Gasteiger partial charge is 0.289 e. The summed E-state index contributed by atoms with van der Waals surface area (Å²) in [5, 5.41) is 9.05. The van der Waals surface area contributed by atoms with Gasteiger partial charge in [-0.1, -0.05) is 52.7 Å². The van der Waals surface area contributed by atoms with Gasteiger partial charge in [0, 0.05) is 19.0 Å². The van der Waals surface area contributed by atoms with Crippen molar-refractivity contribution >= 4 is 5.91 Å². The Kier molecular flexibility index (Phi) is 6.45. The number of nitrogens with zero attached hydrogens (tertiary/aromatic N) is 2. The highest BCUT2D eigenvalue weighted by Gasteiger charge is 2.37. The van der Waals surface area contributed by atoms with Gasteiger partial charge in [-0.3, -0.25) is 4.79 Å². The lowest BCUT2D eigenvalue weighted by Crippen LogP contribution is -2.39. The third-order valence-electron chi connectivity index (χ3n) is 8.04. The number of carbonyl (C=O) groups excluding carboxylic acids is 1. The number of amides is 1. The molecule has 1 aromatic carbocycles. The molecule has 4 nitrogen and oxygen atoms in total. The zero-order chi connectivity index (χ0) is 23.8. The molecule has 1 fully saturated rings. The lowest BCUT2D eigenvalue weighted by atomic mass is 9.62. The van der Waals surface area contributed by atoms with Gasteiger partial charge in [-0.15, -0.1) is 0 Å². The molecule has 2 aliphatic carbocycles. The zero-order valence-electron chi connectivity index (χ0n) is 21.0. The van der Waals surface area contributed by atoms with Crippen LogP contribution in [0.15, 0.2) is 28.7 Å². The summed E-state index contributed by atoms with van der Waals surface area (Å²) in [5.41, 5.74) is 5.84. The van der Waals surface area contributed by atoms with E-state index in [0.717, 1.165) is 31.4 Å². The molecule has 0 radical (unpaired) electrons. The molecule has 2 aromatic rings. The molecule has 1 aromatic heterocycles. The maximum atomic E-state index is 13.2. The second kappa shape index (κ2) is 9.01. The van der Waals surface area contributed by atoms with Crippen LogP contribution in [-0.4, -0.2) is 23.4 Å². The third-order valence-corrected chi connectivity index (χ3v) is 8.04. The van der Waals surface area contributed by atoms with Crippen LogP contribution >= 0.6 is 0 Å². The minimum Gasteiger partial charge on any atom is -0.456 e. The van der Waals surface area contributed by atoms with Crippen molar-refractivity contribution in [2.24, 2.45) is 0 Å². The molecule has 1 amide bonds. The Morgan fingerprint density at radius 3 is 2.36 bits per heavy atom. The Labute approximate surface area is 199 Å². The quantitative estimate of drug-likeness (QED) is 0.489. The average molecular weight is 447 g/mol. The fraction of sp³-hybridized carbons (Fsp3) is 0.586. The molecule has 0 saturated heterocycles. The van der Waals surface area contributed by atoms with E-state index in [9.17, 15) is 4.79 Å². The van der Waals surface area contributed by atoms with Crippen LogP contribution in [0.4, 0.5) is 0 Å². The molecule has 4 heteroatoms. The first-order valence-electron chi connectivity index (χ1n) is 12.5. The van der Waals surface area contributed by atoms with Crippen LogP contribution < -0.4 is 0 Å². The van der Waals surface area contributed by atoms with Gasteiger partial charge in [0.2, 0.25) is 0 Å². The summed E-state index contributed by atoms with van der Waals surface area (Å²) in [5.74, 6) is 1.14. The summed E-state index contributed by atoms with van der Waals surface area (Å²) in [4.78, 5) is 15.1. The summed E-state index contributed by atoms with van der Waals surface area (Å²) >= 11 is 0. The molecular formula is C29H38N2O2. The second-order valence-corrected chi connectivity index (χ2v) is 11.4. The number of fused-ring (bicyclic) bond motifs is 1. The number of hydrogen-bond donors (Lipinski definition) is 0. The van der Waals surface area contributed by atoms with Crippen molar-refractivity contribution in [1.82, 2.24) is 4.90 Å². The predicted octanol–water partition coefficient (Wildman–Crippen LogP) is 6.83. The first kappa shape index (κ1) is 23.6. The van der Waals surface area contributed by atoms with E-state index < -0.39 is 0 Å². The number of aryl methyl sites for hydroxylation is 1. The van der Waals surface area contributed by atoms with Crippen LogP contribution in [0.2, 0.25) is 0 Å². The summed E-state index contributed by atoms with van der Waals surface area (Å²) in [6.45, 7) is 12.1. The molecule has 0 bridgehead atoms. The minimum absolute atomic E-state index is 0.0755.